The summed E-state index contributed by atoms with van der Waals surface area (Å²) in [6.45, 7) is 12.4. The standard InChI is InChI=1S/C15H29N3/c1-7-10-16-14(8-9-15(3,4)5)13-11-17-18(6)12(13)2/h11,14,16H,7-10H2,1-6H3. The molecule has 1 unspecified atom stereocenters. The van der Waals surface area contributed by atoms with Crippen LogP contribution in [0.1, 0.15) is 64.3 Å². The molecule has 0 saturated carbocycles. The van der Waals surface area contributed by atoms with Gasteiger partial charge in [-0.3, -0.25) is 4.68 Å². The van der Waals surface area contributed by atoms with Crippen molar-refractivity contribution in [1.82, 2.24) is 15.1 Å². The van der Waals surface area contributed by atoms with Crippen molar-refractivity contribution in [3.05, 3.63) is 17.5 Å². The SMILES string of the molecule is CCCNC(CCC(C)(C)C)c1cnn(C)c1C. The van der Waals surface area contributed by atoms with Gasteiger partial charge in [-0.05, 0) is 38.1 Å². The first-order valence-corrected chi connectivity index (χ1v) is 7.07. The molecule has 1 heterocycles. The first-order chi connectivity index (χ1) is 8.35. The number of aromatic nitrogens is 2. The van der Waals surface area contributed by atoms with Gasteiger partial charge in [0, 0.05) is 24.3 Å². The molecule has 1 aromatic rings. The first-order valence-electron chi connectivity index (χ1n) is 7.07. The molecular formula is C15H29N3. The Balaban J connectivity index is 2.75. The van der Waals surface area contributed by atoms with Crippen LogP contribution in [0.25, 0.3) is 0 Å². The molecule has 0 aliphatic carbocycles. The molecule has 1 rings (SSSR count). The Hall–Kier alpha value is -0.830. The molecule has 0 fully saturated rings. The Morgan fingerprint density at radius 3 is 2.50 bits per heavy atom. The summed E-state index contributed by atoms with van der Waals surface area (Å²) in [7, 11) is 2.01. The highest BCUT2D eigenvalue weighted by molar-refractivity contribution is 5.20. The fourth-order valence-corrected chi connectivity index (χ4v) is 2.12. The van der Waals surface area contributed by atoms with Crippen molar-refractivity contribution in [2.75, 3.05) is 6.54 Å². The molecular weight excluding hydrogens is 222 g/mol. The Kier molecular flexibility index (Phi) is 5.39. The predicted octanol–water partition coefficient (Wildman–Crippen LogP) is 3.60. The molecule has 0 aliphatic heterocycles. The molecule has 0 aromatic carbocycles. The summed E-state index contributed by atoms with van der Waals surface area (Å²) in [6, 6.07) is 0.442. The molecule has 1 N–H and O–H groups in total. The van der Waals surface area contributed by atoms with Gasteiger partial charge in [-0.1, -0.05) is 27.7 Å². The van der Waals surface area contributed by atoms with Crippen molar-refractivity contribution >= 4 is 0 Å². The zero-order valence-corrected chi connectivity index (χ0v) is 12.9. The summed E-state index contributed by atoms with van der Waals surface area (Å²) in [5.74, 6) is 0. The Labute approximate surface area is 112 Å². The van der Waals surface area contributed by atoms with E-state index in [4.69, 9.17) is 0 Å². The number of nitrogens with one attached hydrogen (secondary N) is 1. The quantitative estimate of drug-likeness (QED) is 0.837. The number of nitrogens with zero attached hydrogens (tertiary/aromatic N) is 2. The maximum Gasteiger partial charge on any atom is 0.0540 e. The zero-order valence-electron chi connectivity index (χ0n) is 12.9. The van der Waals surface area contributed by atoms with E-state index in [1.165, 1.54) is 30.5 Å². The van der Waals surface area contributed by atoms with Gasteiger partial charge in [0.2, 0.25) is 0 Å². The van der Waals surface area contributed by atoms with Crippen molar-refractivity contribution in [2.45, 2.75) is 59.9 Å². The summed E-state index contributed by atoms with van der Waals surface area (Å²) in [5.41, 5.74) is 3.02. The molecule has 1 aromatic heterocycles. The summed E-state index contributed by atoms with van der Waals surface area (Å²) in [4.78, 5) is 0. The Morgan fingerprint density at radius 1 is 1.39 bits per heavy atom. The van der Waals surface area contributed by atoms with E-state index in [-0.39, 0.29) is 0 Å². The molecule has 1 atom stereocenters. The molecule has 0 saturated heterocycles. The Morgan fingerprint density at radius 2 is 2.06 bits per heavy atom. The smallest absolute Gasteiger partial charge is 0.0540 e. The van der Waals surface area contributed by atoms with Crippen molar-refractivity contribution < 1.29 is 0 Å². The normalized spacial score (nSPS) is 13.9. The third kappa shape index (κ3) is 4.45. The summed E-state index contributed by atoms with van der Waals surface area (Å²) in [5, 5.41) is 8.03. The van der Waals surface area contributed by atoms with Crippen molar-refractivity contribution in [3.8, 4) is 0 Å². The highest BCUT2D eigenvalue weighted by atomic mass is 15.3. The van der Waals surface area contributed by atoms with E-state index in [2.05, 4.69) is 45.0 Å². The second kappa shape index (κ2) is 6.37. The molecule has 0 bridgehead atoms. The molecule has 0 amide bonds. The van der Waals surface area contributed by atoms with E-state index in [9.17, 15) is 0 Å². The van der Waals surface area contributed by atoms with E-state index in [1.54, 1.807) is 0 Å². The van der Waals surface area contributed by atoms with Crippen LogP contribution in [0.2, 0.25) is 0 Å². The lowest BCUT2D eigenvalue weighted by atomic mass is 9.87. The first kappa shape index (κ1) is 15.2. The minimum Gasteiger partial charge on any atom is -0.310 e. The van der Waals surface area contributed by atoms with Crippen LogP contribution < -0.4 is 5.32 Å². The van der Waals surface area contributed by atoms with E-state index in [0.29, 0.717) is 11.5 Å². The fraction of sp³-hybridized carbons (Fsp3) is 0.800. The molecule has 3 heteroatoms. The molecule has 0 aliphatic rings. The topological polar surface area (TPSA) is 29.9 Å². The average molecular weight is 251 g/mol. The minimum absolute atomic E-state index is 0.391. The average Bonchev–Trinajstić information content (AvgIpc) is 2.59. The molecule has 104 valence electrons. The maximum absolute atomic E-state index is 4.37. The van der Waals surface area contributed by atoms with Crippen LogP contribution >= 0.6 is 0 Å². The molecule has 0 radical (unpaired) electrons. The predicted molar refractivity (Wildman–Crippen MR) is 77.7 cm³/mol. The van der Waals surface area contributed by atoms with Gasteiger partial charge < -0.3 is 5.32 Å². The second-order valence-corrected chi connectivity index (χ2v) is 6.41. The zero-order chi connectivity index (χ0) is 13.8. The van der Waals surface area contributed by atoms with Gasteiger partial charge in [-0.15, -0.1) is 0 Å². The van der Waals surface area contributed by atoms with Crippen LogP contribution in [0, 0.1) is 12.3 Å². The lowest BCUT2D eigenvalue weighted by Crippen LogP contribution is -2.24. The highest BCUT2D eigenvalue weighted by Crippen LogP contribution is 2.28. The van der Waals surface area contributed by atoms with Crippen LogP contribution in [-0.2, 0) is 7.05 Å². The number of aryl methyl sites for hydroxylation is 1. The van der Waals surface area contributed by atoms with Crippen molar-refractivity contribution in [2.24, 2.45) is 12.5 Å². The van der Waals surface area contributed by atoms with E-state index in [1.807, 2.05) is 17.9 Å². The van der Waals surface area contributed by atoms with E-state index < -0.39 is 0 Å². The van der Waals surface area contributed by atoms with E-state index >= 15 is 0 Å². The van der Waals surface area contributed by atoms with Crippen LogP contribution in [-0.4, -0.2) is 16.3 Å². The van der Waals surface area contributed by atoms with Crippen LogP contribution in [0.5, 0.6) is 0 Å². The number of hydrogen-bond acceptors (Lipinski definition) is 2. The van der Waals surface area contributed by atoms with Gasteiger partial charge in [0.15, 0.2) is 0 Å². The monoisotopic (exact) mass is 251 g/mol. The highest BCUT2D eigenvalue weighted by Gasteiger charge is 2.19. The van der Waals surface area contributed by atoms with Crippen molar-refractivity contribution in [1.29, 1.82) is 0 Å². The summed E-state index contributed by atoms with van der Waals surface area (Å²) in [6.07, 6.45) is 5.59. The summed E-state index contributed by atoms with van der Waals surface area (Å²) < 4.78 is 1.97. The molecule has 18 heavy (non-hydrogen) atoms. The van der Waals surface area contributed by atoms with Gasteiger partial charge in [0.05, 0.1) is 6.20 Å². The maximum atomic E-state index is 4.37. The van der Waals surface area contributed by atoms with Gasteiger partial charge in [-0.25, -0.2) is 0 Å². The molecule has 0 spiro atoms. The largest absolute Gasteiger partial charge is 0.310 e. The lowest BCUT2D eigenvalue weighted by Gasteiger charge is -2.24. The minimum atomic E-state index is 0.391. The van der Waals surface area contributed by atoms with Crippen LogP contribution in [0.3, 0.4) is 0 Å². The second-order valence-electron chi connectivity index (χ2n) is 6.41. The molecule has 3 nitrogen and oxygen atoms in total. The van der Waals surface area contributed by atoms with Crippen LogP contribution in [0.15, 0.2) is 6.20 Å². The van der Waals surface area contributed by atoms with E-state index in [0.717, 1.165) is 6.54 Å². The Bertz CT molecular complexity index is 360. The fourth-order valence-electron chi connectivity index (χ4n) is 2.12. The third-order valence-electron chi connectivity index (χ3n) is 3.47. The third-order valence-corrected chi connectivity index (χ3v) is 3.47. The van der Waals surface area contributed by atoms with Gasteiger partial charge in [0.25, 0.3) is 0 Å². The van der Waals surface area contributed by atoms with Gasteiger partial charge in [0.1, 0.15) is 0 Å². The van der Waals surface area contributed by atoms with Crippen LogP contribution in [0.4, 0.5) is 0 Å². The number of hydrogen-bond donors (Lipinski definition) is 1. The number of rotatable bonds is 6. The van der Waals surface area contributed by atoms with Crippen molar-refractivity contribution in [3.63, 3.8) is 0 Å². The summed E-state index contributed by atoms with van der Waals surface area (Å²) >= 11 is 0. The lowest BCUT2D eigenvalue weighted by molar-refractivity contribution is 0.331. The van der Waals surface area contributed by atoms with Gasteiger partial charge >= 0.3 is 0 Å². The van der Waals surface area contributed by atoms with Gasteiger partial charge in [-0.2, -0.15) is 5.10 Å².